The van der Waals surface area contributed by atoms with Crippen molar-refractivity contribution < 1.29 is 14.3 Å². The summed E-state index contributed by atoms with van der Waals surface area (Å²) >= 11 is 1.42. The minimum Gasteiger partial charge on any atom is -0.451 e. The molecule has 0 aliphatic rings. The number of amides is 1. The van der Waals surface area contributed by atoms with Crippen LogP contribution >= 0.6 is 11.3 Å². The van der Waals surface area contributed by atoms with Gasteiger partial charge in [0, 0.05) is 18.4 Å². The number of rotatable bonds is 7. The summed E-state index contributed by atoms with van der Waals surface area (Å²) in [6.45, 7) is 3.60. The molecule has 1 N–H and O–H groups in total. The van der Waals surface area contributed by atoms with Gasteiger partial charge in [-0.1, -0.05) is 25.5 Å². The Hall–Kier alpha value is -2.87. The van der Waals surface area contributed by atoms with E-state index >= 15 is 0 Å². The number of para-hydroxylation sites is 1. The van der Waals surface area contributed by atoms with Crippen LogP contribution < -0.4 is 5.32 Å². The van der Waals surface area contributed by atoms with Crippen LogP contribution in [-0.4, -0.2) is 39.5 Å². The summed E-state index contributed by atoms with van der Waals surface area (Å²) in [5.41, 5.74) is 1.22. The molecule has 0 aliphatic heterocycles. The molecule has 1 unspecified atom stereocenters. The molecule has 0 bridgehead atoms. The van der Waals surface area contributed by atoms with Gasteiger partial charge < -0.3 is 10.1 Å². The number of fused-ring (bicyclic) bond motifs is 1. The summed E-state index contributed by atoms with van der Waals surface area (Å²) in [6.07, 6.45) is 4.74. The van der Waals surface area contributed by atoms with Gasteiger partial charge in [-0.05, 0) is 25.5 Å². The van der Waals surface area contributed by atoms with Crippen molar-refractivity contribution in [2.45, 2.75) is 32.7 Å². The van der Waals surface area contributed by atoms with Crippen LogP contribution in [0.5, 0.6) is 0 Å². The van der Waals surface area contributed by atoms with E-state index in [2.05, 4.69) is 20.3 Å². The summed E-state index contributed by atoms with van der Waals surface area (Å²) < 4.78 is 6.12. The molecule has 1 aromatic carbocycles. The first-order valence-electron chi connectivity index (χ1n) is 8.72. The largest absolute Gasteiger partial charge is 0.451 e. The van der Waals surface area contributed by atoms with E-state index in [9.17, 15) is 9.59 Å². The molecule has 140 valence electrons. The average molecular weight is 384 g/mol. The fraction of sp³-hybridized carbons (Fsp3) is 0.316. The highest BCUT2D eigenvalue weighted by molar-refractivity contribution is 7.21. The number of thiazole rings is 1. The molecule has 0 radical (unpaired) electrons. The second kappa shape index (κ2) is 8.68. The Kier molecular flexibility index (Phi) is 6.08. The van der Waals surface area contributed by atoms with Crippen LogP contribution in [0.25, 0.3) is 20.9 Å². The average Bonchev–Trinajstić information content (AvgIpc) is 3.10. The van der Waals surface area contributed by atoms with Gasteiger partial charge in [0.1, 0.15) is 10.7 Å². The SMILES string of the molecule is CCCC(C)NC(=O)COC(=O)c1nccnc1-c1nc2ccccc2s1. The lowest BCUT2D eigenvalue weighted by Gasteiger charge is -2.12. The van der Waals surface area contributed by atoms with E-state index < -0.39 is 5.97 Å². The van der Waals surface area contributed by atoms with Crippen LogP contribution in [0, 0.1) is 0 Å². The number of aromatic nitrogens is 3. The first-order chi connectivity index (χ1) is 13.1. The number of hydrogen-bond acceptors (Lipinski definition) is 7. The standard InChI is InChI=1S/C19H20N4O3S/c1-3-6-12(2)22-15(24)11-26-19(25)17-16(20-9-10-21-17)18-23-13-7-4-5-8-14(13)27-18/h4-5,7-10,12H,3,6,11H2,1-2H3,(H,22,24). The van der Waals surface area contributed by atoms with Crippen LogP contribution in [0.1, 0.15) is 37.2 Å². The first kappa shape index (κ1) is 18.9. The van der Waals surface area contributed by atoms with E-state index in [-0.39, 0.29) is 24.2 Å². The van der Waals surface area contributed by atoms with Gasteiger partial charge in [0.2, 0.25) is 0 Å². The topological polar surface area (TPSA) is 94.1 Å². The third kappa shape index (κ3) is 4.65. The summed E-state index contributed by atoms with van der Waals surface area (Å²) in [5.74, 6) is -1.04. The molecule has 8 heteroatoms. The minimum atomic E-state index is -0.698. The first-order valence-corrected chi connectivity index (χ1v) is 9.53. The van der Waals surface area contributed by atoms with Crippen molar-refractivity contribution >= 4 is 33.4 Å². The summed E-state index contributed by atoms with van der Waals surface area (Å²) in [5, 5.41) is 3.37. The van der Waals surface area contributed by atoms with Gasteiger partial charge in [-0.3, -0.25) is 4.79 Å². The molecule has 0 saturated heterocycles. The fourth-order valence-electron chi connectivity index (χ4n) is 2.64. The highest BCUT2D eigenvalue weighted by Gasteiger charge is 2.21. The predicted octanol–water partition coefficient (Wildman–Crippen LogP) is 3.21. The maximum atomic E-state index is 12.4. The molecule has 3 rings (SSSR count). The Morgan fingerprint density at radius 1 is 1.22 bits per heavy atom. The second-order valence-corrected chi connectivity index (χ2v) is 7.10. The van der Waals surface area contributed by atoms with Crippen LogP contribution in [0.15, 0.2) is 36.7 Å². The van der Waals surface area contributed by atoms with Crippen LogP contribution in [-0.2, 0) is 9.53 Å². The van der Waals surface area contributed by atoms with E-state index in [0.29, 0.717) is 10.7 Å². The summed E-state index contributed by atoms with van der Waals surface area (Å²) in [4.78, 5) is 37.2. The summed E-state index contributed by atoms with van der Waals surface area (Å²) in [6, 6.07) is 7.71. The van der Waals surface area contributed by atoms with Crippen molar-refractivity contribution in [2.24, 2.45) is 0 Å². The molecule has 0 saturated carbocycles. The van der Waals surface area contributed by atoms with Gasteiger partial charge in [-0.25, -0.2) is 19.7 Å². The van der Waals surface area contributed by atoms with Crippen molar-refractivity contribution in [3.63, 3.8) is 0 Å². The van der Waals surface area contributed by atoms with Crippen molar-refractivity contribution in [1.82, 2.24) is 20.3 Å². The Balaban J connectivity index is 1.73. The molecule has 27 heavy (non-hydrogen) atoms. The van der Waals surface area contributed by atoms with E-state index in [4.69, 9.17) is 4.74 Å². The number of esters is 1. The zero-order chi connectivity index (χ0) is 19.2. The summed E-state index contributed by atoms with van der Waals surface area (Å²) in [7, 11) is 0. The Labute approximate surface area is 160 Å². The normalized spacial score (nSPS) is 11.9. The molecule has 7 nitrogen and oxygen atoms in total. The Morgan fingerprint density at radius 3 is 2.78 bits per heavy atom. The van der Waals surface area contributed by atoms with E-state index in [1.807, 2.05) is 38.1 Å². The molecule has 0 spiro atoms. The number of carbonyl (C=O) groups excluding carboxylic acids is 2. The van der Waals surface area contributed by atoms with Crippen molar-refractivity contribution in [1.29, 1.82) is 0 Å². The molecule has 0 fully saturated rings. The lowest BCUT2D eigenvalue weighted by atomic mass is 10.2. The van der Waals surface area contributed by atoms with Crippen LogP contribution in [0.4, 0.5) is 0 Å². The zero-order valence-electron chi connectivity index (χ0n) is 15.1. The Morgan fingerprint density at radius 2 is 2.00 bits per heavy atom. The van der Waals surface area contributed by atoms with Crippen molar-refractivity contribution in [3.8, 4) is 10.7 Å². The third-order valence-electron chi connectivity index (χ3n) is 3.85. The van der Waals surface area contributed by atoms with Crippen LogP contribution in [0.3, 0.4) is 0 Å². The maximum Gasteiger partial charge on any atom is 0.359 e. The highest BCUT2D eigenvalue weighted by Crippen LogP contribution is 2.30. The lowest BCUT2D eigenvalue weighted by Crippen LogP contribution is -2.35. The number of carbonyl (C=O) groups is 2. The number of nitrogens with one attached hydrogen (secondary N) is 1. The molecule has 2 heterocycles. The van der Waals surface area contributed by atoms with Crippen molar-refractivity contribution in [3.05, 3.63) is 42.4 Å². The molecule has 2 aromatic heterocycles. The van der Waals surface area contributed by atoms with E-state index in [0.717, 1.165) is 23.1 Å². The monoisotopic (exact) mass is 384 g/mol. The van der Waals surface area contributed by atoms with E-state index in [1.54, 1.807) is 0 Å². The highest BCUT2D eigenvalue weighted by atomic mass is 32.1. The van der Waals surface area contributed by atoms with Gasteiger partial charge in [0.25, 0.3) is 5.91 Å². The molecular formula is C19H20N4O3S. The maximum absolute atomic E-state index is 12.4. The third-order valence-corrected chi connectivity index (χ3v) is 4.89. The number of nitrogens with zero attached hydrogens (tertiary/aromatic N) is 3. The predicted molar refractivity (Wildman–Crippen MR) is 103 cm³/mol. The van der Waals surface area contributed by atoms with Gasteiger partial charge in [0.15, 0.2) is 12.3 Å². The molecule has 3 aromatic rings. The lowest BCUT2D eigenvalue weighted by molar-refractivity contribution is -0.124. The van der Waals surface area contributed by atoms with Gasteiger partial charge in [0.05, 0.1) is 10.2 Å². The fourth-order valence-corrected chi connectivity index (χ4v) is 3.60. The smallest absolute Gasteiger partial charge is 0.359 e. The number of hydrogen-bond donors (Lipinski definition) is 1. The molecular weight excluding hydrogens is 364 g/mol. The Bertz CT molecular complexity index is 924. The van der Waals surface area contributed by atoms with Gasteiger partial charge in [-0.15, -0.1) is 11.3 Å². The zero-order valence-corrected chi connectivity index (χ0v) is 16.0. The van der Waals surface area contributed by atoms with E-state index in [1.165, 1.54) is 23.7 Å². The number of benzene rings is 1. The van der Waals surface area contributed by atoms with Crippen LogP contribution in [0.2, 0.25) is 0 Å². The number of ether oxygens (including phenoxy) is 1. The van der Waals surface area contributed by atoms with Crippen molar-refractivity contribution in [2.75, 3.05) is 6.61 Å². The van der Waals surface area contributed by atoms with Gasteiger partial charge >= 0.3 is 5.97 Å². The molecule has 1 atom stereocenters. The van der Waals surface area contributed by atoms with Gasteiger partial charge in [-0.2, -0.15) is 0 Å². The quantitative estimate of drug-likeness (QED) is 0.629. The minimum absolute atomic E-state index is 0.0380. The second-order valence-electron chi connectivity index (χ2n) is 6.07. The molecule has 1 amide bonds. The molecule has 0 aliphatic carbocycles.